The van der Waals surface area contributed by atoms with Gasteiger partial charge in [-0.15, -0.1) is 0 Å². The lowest BCUT2D eigenvalue weighted by Gasteiger charge is -2.60. The first kappa shape index (κ1) is 13.8. The third kappa shape index (κ3) is 2.34. The Morgan fingerprint density at radius 3 is 2.71 bits per heavy atom. The number of aromatic nitrogens is 1. The van der Waals surface area contributed by atoms with Crippen molar-refractivity contribution < 1.29 is 4.42 Å². The lowest BCUT2D eigenvalue weighted by atomic mass is 9.44. The van der Waals surface area contributed by atoms with Crippen LogP contribution in [0.1, 0.15) is 70.4 Å². The first-order valence-electron chi connectivity index (χ1n) is 8.77. The quantitative estimate of drug-likeness (QED) is 0.831. The van der Waals surface area contributed by atoms with Gasteiger partial charge in [-0.3, -0.25) is 0 Å². The molecule has 0 amide bonds. The molecule has 4 fully saturated rings. The molecule has 0 spiro atoms. The minimum Gasteiger partial charge on any atom is -0.444 e. The number of hydrogen-bond acceptors (Lipinski definition) is 3. The van der Waals surface area contributed by atoms with Crippen LogP contribution >= 0.6 is 0 Å². The average molecular weight is 288 g/mol. The van der Waals surface area contributed by atoms with E-state index < -0.39 is 0 Å². The molecular formula is C18H28N2O. The highest BCUT2D eigenvalue weighted by atomic mass is 16.4. The number of nitrogens with one attached hydrogen (secondary N) is 1. The molecule has 4 aliphatic carbocycles. The molecule has 4 aliphatic rings. The fourth-order valence-corrected chi connectivity index (χ4v) is 6.02. The summed E-state index contributed by atoms with van der Waals surface area (Å²) in [6.07, 6.45) is 11.6. The van der Waals surface area contributed by atoms with Crippen LogP contribution in [-0.2, 0) is 12.0 Å². The van der Waals surface area contributed by atoms with Crippen molar-refractivity contribution in [1.29, 1.82) is 0 Å². The Bertz CT molecular complexity index is 507. The van der Waals surface area contributed by atoms with E-state index in [9.17, 15) is 0 Å². The van der Waals surface area contributed by atoms with Crippen molar-refractivity contribution in [2.45, 2.75) is 70.8 Å². The molecule has 0 aliphatic heterocycles. The predicted molar refractivity (Wildman–Crippen MR) is 83.0 cm³/mol. The normalized spacial score (nSPS) is 40.9. The molecule has 1 aromatic heterocycles. The van der Waals surface area contributed by atoms with E-state index in [1.807, 2.05) is 6.20 Å². The van der Waals surface area contributed by atoms with Gasteiger partial charge >= 0.3 is 0 Å². The Hall–Kier alpha value is -0.830. The van der Waals surface area contributed by atoms with Gasteiger partial charge in [-0.25, -0.2) is 4.98 Å². The summed E-state index contributed by atoms with van der Waals surface area (Å²) in [5.41, 5.74) is 0.881. The average Bonchev–Trinajstić information content (AvgIpc) is 2.85. The predicted octanol–water partition coefficient (Wildman–Crippen LogP) is 4.03. The van der Waals surface area contributed by atoms with Crippen LogP contribution < -0.4 is 5.32 Å². The highest BCUT2D eigenvalue weighted by Gasteiger charge is 2.57. The monoisotopic (exact) mass is 288 g/mol. The summed E-state index contributed by atoms with van der Waals surface area (Å²) in [5.74, 6) is 3.93. The first-order valence-corrected chi connectivity index (χ1v) is 8.77. The van der Waals surface area contributed by atoms with Gasteiger partial charge in [0.2, 0.25) is 5.89 Å². The van der Waals surface area contributed by atoms with Crippen molar-refractivity contribution >= 4 is 0 Å². The minimum atomic E-state index is 0.314. The summed E-state index contributed by atoms with van der Waals surface area (Å²) in [5, 5.41) is 3.39. The molecule has 21 heavy (non-hydrogen) atoms. The third-order valence-corrected chi connectivity index (χ3v) is 6.13. The maximum atomic E-state index is 6.19. The van der Waals surface area contributed by atoms with Gasteiger partial charge in [-0.05, 0) is 68.7 Å². The van der Waals surface area contributed by atoms with Gasteiger partial charge < -0.3 is 9.73 Å². The van der Waals surface area contributed by atoms with E-state index >= 15 is 0 Å². The second kappa shape index (κ2) is 4.84. The summed E-state index contributed by atoms with van der Waals surface area (Å²) in [7, 11) is 0. The standard InChI is InChI=1S/C18H28N2O/c1-3-4-19-11-16-20-10-15(21-16)18-8-13-5-14(9-18)7-17(2,6-13)12-18/h10,13-14,19H,3-9,11-12H2,1-2H3. The van der Waals surface area contributed by atoms with E-state index in [1.54, 1.807) is 0 Å². The lowest BCUT2D eigenvalue weighted by Crippen LogP contribution is -2.52. The molecule has 0 radical (unpaired) electrons. The van der Waals surface area contributed by atoms with E-state index in [2.05, 4.69) is 24.1 Å². The summed E-state index contributed by atoms with van der Waals surface area (Å²) in [6, 6.07) is 0. The minimum absolute atomic E-state index is 0.314. The number of hydrogen-bond donors (Lipinski definition) is 1. The van der Waals surface area contributed by atoms with Gasteiger partial charge in [-0.2, -0.15) is 0 Å². The molecule has 0 aromatic carbocycles. The summed E-state index contributed by atoms with van der Waals surface area (Å²) >= 11 is 0. The summed E-state index contributed by atoms with van der Waals surface area (Å²) < 4.78 is 6.19. The molecule has 116 valence electrons. The second-order valence-corrected chi connectivity index (χ2v) is 8.35. The molecule has 4 saturated carbocycles. The van der Waals surface area contributed by atoms with E-state index in [-0.39, 0.29) is 0 Å². The molecule has 5 rings (SSSR count). The van der Waals surface area contributed by atoms with E-state index in [0.29, 0.717) is 10.8 Å². The van der Waals surface area contributed by atoms with Gasteiger partial charge in [0.25, 0.3) is 0 Å². The maximum absolute atomic E-state index is 6.19. The van der Waals surface area contributed by atoms with Gasteiger partial charge in [-0.1, -0.05) is 13.8 Å². The van der Waals surface area contributed by atoms with Crippen molar-refractivity contribution in [3.8, 4) is 0 Å². The second-order valence-electron chi connectivity index (χ2n) is 8.35. The smallest absolute Gasteiger partial charge is 0.208 e. The van der Waals surface area contributed by atoms with E-state index in [1.165, 1.54) is 44.3 Å². The van der Waals surface area contributed by atoms with Crippen LogP contribution in [0.15, 0.2) is 10.6 Å². The molecule has 3 nitrogen and oxygen atoms in total. The van der Waals surface area contributed by atoms with Crippen LogP contribution in [0.5, 0.6) is 0 Å². The molecule has 4 bridgehead atoms. The third-order valence-electron chi connectivity index (χ3n) is 6.13. The molecule has 1 N–H and O–H groups in total. The largest absolute Gasteiger partial charge is 0.444 e. The Balaban J connectivity index is 1.55. The summed E-state index contributed by atoms with van der Waals surface area (Å²) in [6.45, 7) is 6.50. The van der Waals surface area contributed by atoms with Gasteiger partial charge in [0, 0.05) is 5.41 Å². The Kier molecular flexibility index (Phi) is 3.18. The SMILES string of the molecule is CCCNCc1ncc(C23CC4CC(CC(C)(C4)C2)C3)o1. The molecule has 2 unspecified atom stereocenters. The van der Waals surface area contributed by atoms with Gasteiger partial charge in [0.1, 0.15) is 5.76 Å². The van der Waals surface area contributed by atoms with Gasteiger partial charge in [0.05, 0.1) is 12.7 Å². The van der Waals surface area contributed by atoms with Crippen molar-refractivity contribution in [3.05, 3.63) is 17.8 Å². The summed E-state index contributed by atoms with van der Waals surface area (Å²) in [4.78, 5) is 4.54. The number of rotatable bonds is 5. The van der Waals surface area contributed by atoms with Crippen LogP contribution in [0.2, 0.25) is 0 Å². The number of nitrogens with zero attached hydrogens (tertiary/aromatic N) is 1. The van der Waals surface area contributed by atoms with Crippen LogP contribution in [0.3, 0.4) is 0 Å². The molecule has 1 heterocycles. The van der Waals surface area contributed by atoms with E-state index in [0.717, 1.165) is 37.2 Å². The fraction of sp³-hybridized carbons (Fsp3) is 0.833. The molecular weight excluding hydrogens is 260 g/mol. The molecule has 1 aromatic rings. The zero-order chi connectivity index (χ0) is 14.5. The van der Waals surface area contributed by atoms with Crippen LogP contribution in [-0.4, -0.2) is 11.5 Å². The zero-order valence-electron chi connectivity index (χ0n) is 13.5. The lowest BCUT2D eigenvalue weighted by molar-refractivity contribution is -0.0692. The molecule has 0 saturated heterocycles. The highest BCUT2D eigenvalue weighted by Crippen LogP contribution is 2.65. The topological polar surface area (TPSA) is 38.1 Å². The Morgan fingerprint density at radius 1 is 1.29 bits per heavy atom. The van der Waals surface area contributed by atoms with Crippen molar-refractivity contribution in [2.24, 2.45) is 17.3 Å². The van der Waals surface area contributed by atoms with Crippen LogP contribution in [0.4, 0.5) is 0 Å². The van der Waals surface area contributed by atoms with Crippen molar-refractivity contribution in [3.63, 3.8) is 0 Å². The maximum Gasteiger partial charge on any atom is 0.208 e. The first-order chi connectivity index (χ1) is 10.1. The molecule has 3 heteroatoms. The van der Waals surface area contributed by atoms with E-state index in [4.69, 9.17) is 4.42 Å². The zero-order valence-corrected chi connectivity index (χ0v) is 13.5. The van der Waals surface area contributed by atoms with Crippen LogP contribution in [0.25, 0.3) is 0 Å². The van der Waals surface area contributed by atoms with Crippen molar-refractivity contribution in [1.82, 2.24) is 10.3 Å². The Labute approximate surface area is 127 Å². The van der Waals surface area contributed by atoms with Gasteiger partial charge in [0.15, 0.2) is 0 Å². The van der Waals surface area contributed by atoms with Crippen molar-refractivity contribution in [2.75, 3.05) is 6.54 Å². The fourth-order valence-electron chi connectivity index (χ4n) is 6.02. The molecule has 2 atom stereocenters. The highest BCUT2D eigenvalue weighted by molar-refractivity contribution is 5.21. The number of oxazole rings is 1. The van der Waals surface area contributed by atoms with Crippen LogP contribution in [0, 0.1) is 17.3 Å². The Morgan fingerprint density at radius 2 is 2.05 bits per heavy atom.